The fourth-order valence-corrected chi connectivity index (χ4v) is 3.12. The van der Waals surface area contributed by atoms with Gasteiger partial charge in [-0.05, 0) is 43.2 Å². The van der Waals surface area contributed by atoms with Gasteiger partial charge in [-0.2, -0.15) is 5.10 Å². The van der Waals surface area contributed by atoms with Crippen LogP contribution in [0.5, 0.6) is 0 Å². The van der Waals surface area contributed by atoms with Crippen molar-refractivity contribution < 1.29 is 0 Å². The lowest BCUT2D eigenvalue weighted by Gasteiger charge is -2.24. The average Bonchev–Trinajstić information content (AvgIpc) is 3.30. The second kappa shape index (κ2) is 5.51. The Morgan fingerprint density at radius 3 is 2.73 bits per heavy atom. The van der Waals surface area contributed by atoms with E-state index in [-0.39, 0.29) is 11.6 Å². The van der Waals surface area contributed by atoms with Gasteiger partial charge in [0.15, 0.2) is 0 Å². The highest BCUT2D eigenvalue weighted by Gasteiger charge is 2.29. The van der Waals surface area contributed by atoms with E-state index in [9.17, 15) is 4.79 Å². The van der Waals surface area contributed by atoms with E-state index in [1.807, 2.05) is 12.4 Å². The molecule has 0 spiro atoms. The molecular weight excluding hydrogens is 278 g/mol. The molecule has 0 bridgehead atoms. The van der Waals surface area contributed by atoms with Gasteiger partial charge < -0.3 is 4.90 Å². The molecule has 2 aliphatic rings. The van der Waals surface area contributed by atoms with Gasteiger partial charge in [-0.15, -0.1) is 0 Å². The van der Waals surface area contributed by atoms with Crippen LogP contribution >= 0.6 is 0 Å². The van der Waals surface area contributed by atoms with Crippen molar-refractivity contribution in [1.29, 1.82) is 0 Å². The summed E-state index contributed by atoms with van der Waals surface area (Å²) in [5.41, 5.74) is 1.19. The molecule has 2 aromatic heterocycles. The number of rotatable bonds is 4. The van der Waals surface area contributed by atoms with E-state index in [0.717, 1.165) is 25.3 Å². The second-order valence-corrected chi connectivity index (χ2v) is 6.12. The van der Waals surface area contributed by atoms with Gasteiger partial charge in [0.1, 0.15) is 0 Å². The topological polar surface area (TPSA) is 63.9 Å². The minimum Gasteiger partial charge on any atom is -0.336 e. The van der Waals surface area contributed by atoms with E-state index in [1.54, 1.807) is 18.3 Å². The molecule has 2 fully saturated rings. The van der Waals surface area contributed by atoms with Gasteiger partial charge in [-0.1, -0.05) is 0 Å². The zero-order valence-electron chi connectivity index (χ0n) is 12.4. The Bertz CT molecular complexity index is 707. The Kier molecular flexibility index (Phi) is 3.36. The monoisotopic (exact) mass is 297 g/mol. The summed E-state index contributed by atoms with van der Waals surface area (Å²) >= 11 is 0. The molecule has 6 heteroatoms. The first kappa shape index (κ1) is 13.4. The van der Waals surface area contributed by atoms with Crippen LogP contribution in [0.25, 0.3) is 0 Å². The quantitative estimate of drug-likeness (QED) is 0.857. The zero-order valence-corrected chi connectivity index (χ0v) is 12.4. The molecule has 22 heavy (non-hydrogen) atoms. The summed E-state index contributed by atoms with van der Waals surface area (Å²) in [6, 6.07) is 3.46. The van der Waals surface area contributed by atoms with Crippen LogP contribution in [0.4, 0.5) is 5.95 Å². The third-order valence-corrected chi connectivity index (χ3v) is 4.51. The Morgan fingerprint density at radius 2 is 2.00 bits per heavy atom. The molecule has 4 rings (SSSR count). The van der Waals surface area contributed by atoms with Crippen LogP contribution in [0.3, 0.4) is 0 Å². The molecule has 0 N–H and O–H groups in total. The Morgan fingerprint density at radius 1 is 1.18 bits per heavy atom. The highest BCUT2D eigenvalue weighted by Crippen LogP contribution is 2.39. The summed E-state index contributed by atoms with van der Waals surface area (Å²) in [5, 5.41) is 4.15. The van der Waals surface area contributed by atoms with Crippen LogP contribution < -0.4 is 10.5 Å². The summed E-state index contributed by atoms with van der Waals surface area (Å²) in [7, 11) is 0. The van der Waals surface area contributed by atoms with E-state index < -0.39 is 0 Å². The third kappa shape index (κ3) is 2.61. The highest BCUT2D eigenvalue weighted by molar-refractivity contribution is 5.34. The van der Waals surface area contributed by atoms with E-state index in [0.29, 0.717) is 12.5 Å². The molecule has 1 aliphatic heterocycles. The molecule has 2 aromatic rings. The van der Waals surface area contributed by atoms with Gasteiger partial charge in [0, 0.05) is 31.2 Å². The molecule has 114 valence electrons. The van der Waals surface area contributed by atoms with Gasteiger partial charge in [0.25, 0.3) is 5.56 Å². The van der Waals surface area contributed by atoms with Crippen LogP contribution in [0.1, 0.15) is 37.2 Å². The van der Waals surface area contributed by atoms with Crippen molar-refractivity contribution in [3.63, 3.8) is 0 Å². The lowest BCUT2D eigenvalue weighted by atomic mass is 10.2. The largest absolute Gasteiger partial charge is 0.336 e. The summed E-state index contributed by atoms with van der Waals surface area (Å²) < 4.78 is 1.53. The van der Waals surface area contributed by atoms with Crippen LogP contribution in [0, 0.1) is 0 Å². The number of nitrogens with zero attached hydrogens (tertiary/aromatic N) is 5. The van der Waals surface area contributed by atoms with Gasteiger partial charge in [0.05, 0.1) is 12.6 Å². The standard InChI is InChI=1S/C16H19N5O/c22-15-4-1-7-19-21(15)11-14-3-2-8-20(14)16-17-9-13(10-18-16)12-5-6-12/h1,4,7,9-10,12,14H,2-3,5-6,8,11H2. The molecule has 1 unspecified atom stereocenters. The fraction of sp³-hybridized carbons (Fsp3) is 0.500. The first-order valence-corrected chi connectivity index (χ1v) is 7.92. The molecule has 1 saturated heterocycles. The van der Waals surface area contributed by atoms with E-state index >= 15 is 0 Å². The van der Waals surface area contributed by atoms with Gasteiger partial charge in [0.2, 0.25) is 5.95 Å². The summed E-state index contributed by atoms with van der Waals surface area (Å²) in [5.74, 6) is 1.45. The SMILES string of the molecule is O=c1cccnn1CC1CCCN1c1ncc(C2CC2)cn1. The molecule has 3 heterocycles. The van der Waals surface area contributed by atoms with Crippen molar-refractivity contribution in [2.24, 2.45) is 0 Å². The van der Waals surface area contributed by atoms with E-state index in [4.69, 9.17) is 0 Å². The molecular formula is C16H19N5O. The number of anilines is 1. The smallest absolute Gasteiger partial charge is 0.266 e. The number of aromatic nitrogens is 4. The molecule has 0 radical (unpaired) electrons. The predicted molar refractivity (Wildman–Crippen MR) is 82.9 cm³/mol. The van der Waals surface area contributed by atoms with E-state index in [1.165, 1.54) is 23.1 Å². The van der Waals surface area contributed by atoms with Gasteiger partial charge in [-0.3, -0.25) is 4.79 Å². The zero-order chi connectivity index (χ0) is 14.9. The van der Waals surface area contributed by atoms with Crippen molar-refractivity contribution in [2.45, 2.75) is 44.2 Å². The van der Waals surface area contributed by atoms with Crippen molar-refractivity contribution in [2.75, 3.05) is 11.4 Å². The molecule has 6 nitrogen and oxygen atoms in total. The Balaban J connectivity index is 1.53. The second-order valence-electron chi connectivity index (χ2n) is 6.12. The Hall–Kier alpha value is -2.24. The summed E-state index contributed by atoms with van der Waals surface area (Å²) in [4.78, 5) is 23.1. The van der Waals surface area contributed by atoms with Crippen molar-refractivity contribution in [1.82, 2.24) is 19.7 Å². The fourth-order valence-electron chi connectivity index (χ4n) is 3.12. The lowest BCUT2D eigenvalue weighted by Crippen LogP contribution is -2.37. The molecule has 0 amide bonds. The van der Waals surface area contributed by atoms with Crippen LogP contribution in [0.2, 0.25) is 0 Å². The number of hydrogen-bond acceptors (Lipinski definition) is 5. The Labute approximate surface area is 128 Å². The van der Waals surface area contributed by atoms with Crippen LogP contribution in [-0.2, 0) is 6.54 Å². The molecule has 1 aliphatic carbocycles. The molecule has 1 atom stereocenters. The summed E-state index contributed by atoms with van der Waals surface area (Å²) in [6.45, 7) is 1.53. The third-order valence-electron chi connectivity index (χ3n) is 4.51. The average molecular weight is 297 g/mol. The van der Waals surface area contributed by atoms with Gasteiger partial charge in [-0.25, -0.2) is 14.6 Å². The van der Waals surface area contributed by atoms with Crippen molar-refractivity contribution in [3.8, 4) is 0 Å². The number of hydrogen-bond donors (Lipinski definition) is 0. The molecule has 0 aromatic carbocycles. The van der Waals surface area contributed by atoms with Crippen molar-refractivity contribution in [3.05, 3.63) is 46.6 Å². The normalized spacial score (nSPS) is 21.3. The molecule has 1 saturated carbocycles. The first-order chi connectivity index (χ1) is 10.8. The maximum atomic E-state index is 11.8. The predicted octanol–water partition coefficient (Wildman–Crippen LogP) is 1.58. The van der Waals surface area contributed by atoms with E-state index in [2.05, 4.69) is 20.0 Å². The maximum Gasteiger partial charge on any atom is 0.266 e. The summed E-state index contributed by atoms with van der Waals surface area (Å²) in [6.07, 6.45) is 10.2. The maximum absolute atomic E-state index is 11.8. The first-order valence-electron chi connectivity index (χ1n) is 7.92. The van der Waals surface area contributed by atoms with Crippen LogP contribution in [-0.4, -0.2) is 32.3 Å². The van der Waals surface area contributed by atoms with Crippen LogP contribution in [0.15, 0.2) is 35.5 Å². The minimum absolute atomic E-state index is 0.0562. The van der Waals surface area contributed by atoms with Crippen molar-refractivity contribution >= 4 is 5.95 Å². The lowest BCUT2D eigenvalue weighted by molar-refractivity contribution is 0.485. The van der Waals surface area contributed by atoms with Gasteiger partial charge >= 0.3 is 0 Å². The minimum atomic E-state index is -0.0562. The highest BCUT2D eigenvalue weighted by atomic mass is 16.1.